The second-order valence-corrected chi connectivity index (χ2v) is 26.3. The van der Waals surface area contributed by atoms with Gasteiger partial charge in [-0.15, -0.1) is 0 Å². The zero-order valence-electron chi connectivity index (χ0n) is 43.1. The van der Waals surface area contributed by atoms with E-state index in [1.807, 2.05) is 6.20 Å². The SMILES string of the molecule is CC(C)(C)c1cc(N2CN(c3cccc(Oc4cc([Si](c5ccccc5)(c5ccccc5)c5ccccc5)c5c6ccccc6n(-c6cc(C(C)(C)C)ccn6)c5c4)c3)c3ccccc32)cc(C(C)(C)C)c1. The number of para-hydroxylation sites is 3. The van der Waals surface area contributed by atoms with Crippen LogP contribution in [-0.4, -0.2) is 24.3 Å². The molecule has 358 valence electrons. The van der Waals surface area contributed by atoms with Crippen molar-refractivity contribution in [1.82, 2.24) is 9.55 Å². The van der Waals surface area contributed by atoms with E-state index in [0.29, 0.717) is 6.67 Å². The fraction of sp³-hybridized carbons (Fsp3) is 0.197. The van der Waals surface area contributed by atoms with Crippen LogP contribution < -0.4 is 35.3 Å². The lowest BCUT2D eigenvalue weighted by atomic mass is 9.80. The molecular formula is C66H64N4OSi. The van der Waals surface area contributed by atoms with Gasteiger partial charge in [-0.2, -0.15) is 0 Å². The van der Waals surface area contributed by atoms with Gasteiger partial charge in [-0.25, -0.2) is 4.98 Å². The van der Waals surface area contributed by atoms with Crippen LogP contribution in [0.1, 0.15) is 79.0 Å². The third kappa shape index (κ3) is 8.27. The molecule has 0 spiro atoms. The predicted molar refractivity (Wildman–Crippen MR) is 307 cm³/mol. The Morgan fingerprint density at radius 2 is 0.958 bits per heavy atom. The van der Waals surface area contributed by atoms with Crippen molar-refractivity contribution in [3.63, 3.8) is 0 Å². The summed E-state index contributed by atoms with van der Waals surface area (Å²) >= 11 is 0. The Kier molecular flexibility index (Phi) is 11.6. The number of hydrogen-bond acceptors (Lipinski definition) is 4. The summed E-state index contributed by atoms with van der Waals surface area (Å²) in [6.45, 7) is 21.3. The molecule has 10 aromatic rings. The Balaban J connectivity index is 1.12. The van der Waals surface area contributed by atoms with Gasteiger partial charge in [0.25, 0.3) is 0 Å². The van der Waals surface area contributed by atoms with Gasteiger partial charge in [0.2, 0.25) is 0 Å². The minimum absolute atomic E-state index is 0.00371. The number of benzene rings is 8. The molecule has 0 aliphatic carbocycles. The van der Waals surface area contributed by atoms with Gasteiger partial charge in [0.1, 0.15) is 24.0 Å². The molecule has 0 fully saturated rings. The number of anilines is 4. The molecular weight excluding hydrogens is 893 g/mol. The molecule has 11 rings (SSSR count). The van der Waals surface area contributed by atoms with Gasteiger partial charge in [0, 0.05) is 40.5 Å². The molecule has 0 bridgehead atoms. The summed E-state index contributed by atoms with van der Waals surface area (Å²) in [6.07, 6.45) is 1.96. The number of nitrogens with zero attached hydrogens (tertiary/aromatic N) is 4. The maximum Gasteiger partial charge on any atom is 0.180 e. The third-order valence-corrected chi connectivity index (χ3v) is 19.5. The van der Waals surface area contributed by atoms with Crippen LogP contribution in [0, 0.1) is 0 Å². The second-order valence-electron chi connectivity index (χ2n) is 22.6. The first-order chi connectivity index (χ1) is 34.6. The smallest absolute Gasteiger partial charge is 0.180 e. The molecule has 0 saturated carbocycles. The quantitative estimate of drug-likeness (QED) is 0.107. The molecule has 1 aliphatic heterocycles. The van der Waals surface area contributed by atoms with E-state index in [9.17, 15) is 0 Å². The average molecular weight is 957 g/mol. The van der Waals surface area contributed by atoms with Crippen molar-refractivity contribution in [2.45, 2.75) is 78.6 Å². The normalized spacial score (nSPS) is 13.2. The molecule has 0 unspecified atom stereocenters. The van der Waals surface area contributed by atoms with Crippen molar-refractivity contribution in [2.75, 3.05) is 16.5 Å². The topological polar surface area (TPSA) is 33.5 Å². The summed E-state index contributed by atoms with van der Waals surface area (Å²) in [7, 11) is -3.13. The van der Waals surface area contributed by atoms with Crippen LogP contribution in [0.4, 0.5) is 22.7 Å². The van der Waals surface area contributed by atoms with Gasteiger partial charge in [-0.3, -0.25) is 4.57 Å². The number of pyridine rings is 1. The monoisotopic (exact) mass is 956 g/mol. The van der Waals surface area contributed by atoms with Crippen molar-refractivity contribution in [1.29, 1.82) is 0 Å². The van der Waals surface area contributed by atoms with Crippen LogP contribution in [0.15, 0.2) is 212 Å². The molecule has 1 aliphatic rings. The average Bonchev–Trinajstić information content (AvgIpc) is 3.93. The molecule has 0 atom stereocenters. The van der Waals surface area contributed by atoms with E-state index < -0.39 is 8.07 Å². The molecule has 72 heavy (non-hydrogen) atoms. The van der Waals surface area contributed by atoms with E-state index >= 15 is 0 Å². The molecule has 5 nitrogen and oxygen atoms in total. The first-order valence-corrected chi connectivity index (χ1v) is 27.4. The van der Waals surface area contributed by atoms with Crippen LogP contribution in [0.25, 0.3) is 27.6 Å². The zero-order chi connectivity index (χ0) is 50.0. The Labute approximate surface area is 427 Å². The highest BCUT2D eigenvalue weighted by Gasteiger charge is 2.44. The van der Waals surface area contributed by atoms with Crippen molar-refractivity contribution in [3.05, 3.63) is 229 Å². The number of hydrogen-bond donors (Lipinski definition) is 0. The van der Waals surface area contributed by atoms with E-state index in [1.54, 1.807) is 0 Å². The lowest BCUT2D eigenvalue weighted by Crippen LogP contribution is -2.74. The van der Waals surface area contributed by atoms with Crippen molar-refractivity contribution < 1.29 is 4.74 Å². The number of fused-ring (bicyclic) bond motifs is 4. The fourth-order valence-electron chi connectivity index (χ4n) is 10.8. The van der Waals surface area contributed by atoms with Gasteiger partial charge in [0.15, 0.2) is 8.07 Å². The van der Waals surface area contributed by atoms with Gasteiger partial charge < -0.3 is 14.5 Å². The Hall–Kier alpha value is -7.67. The highest BCUT2D eigenvalue weighted by molar-refractivity contribution is 7.20. The summed E-state index contributed by atoms with van der Waals surface area (Å²) in [5, 5.41) is 7.54. The van der Waals surface area contributed by atoms with Crippen LogP contribution in [0.2, 0.25) is 0 Å². The van der Waals surface area contributed by atoms with Gasteiger partial charge in [0.05, 0.1) is 22.4 Å². The fourth-order valence-corrected chi connectivity index (χ4v) is 15.9. The molecule has 8 aromatic carbocycles. The molecule has 0 amide bonds. The van der Waals surface area contributed by atoms with Crippen LogP contribution in [0.5, 0.6) is 11.5 Å². The number of aromatic nitrogens is 2. The lowest BCUT2D eigenvalue weighted by molar-refractivity contribution is 0.484. The maximum absolute atomic E-state index is 7.35. The highest BCUT2D eigenvalue weighted by atomic mass is 28.3. The third-order valence-electron chi connectivity index (χ3n) is 14.7. The van der Waals surface area contributed by atoms with E-state index in [4.69, 9.17) is 9.72 Å². The van der Waals surface area contributed by atoms with E-state index in [-0.39, 0.29) is 16.2 Å². The lowest BCUT2D eigenvalue weighted by Gasteiger charge is -2.35. The number of rotatable bonds is 9. The number of ether oxygens (including phenoxy) is 1. The molecule has 6 heteroatoms. The van der Waals surface area contributed by atoms with Crippen LogP contribution in [-0.2, 0) is 16.2 Å². The first kappa shape index (κ1) is 46.7. The minimum Gasteiger partial charge on any atom is -0.457 e. The first-order valence-electron chi connectivity index (χ1n) is 25.4. The van der Waals surface area contributed by atoms with Crippen molar-refractivity contribution in [3.8, 4) is 17.3 Å². The Bertz CT molecular complexity index is 3470. The molecule has 0 radical (unpaired) electrons. The van der Waals surface area contributed by atoms with E-state index in [0.717, 1.165) is 39.7 Å². The van der Waals surface area contributed by atoms with Crippen molar-refractivity contribution in [2.24, 2.45) is 0 Å². The summed E-state index contributed by atoms with van der Waals surface area (Å²) < 4.78 is 9.71. The highest BCUT2D eigenvalue weighted by Crippen LogP contribution is 2.47. The van der Waals surface area contributed by atoms with Gasteiger partial charge in [-0.05, 0) is 114 Å². The summed E-state index contributed by atoms with van der Waals surface area (Å²) in [5.74, 6) is 2.41. The van der Waals surface area contributed by atoms with Crippen LogP contribution in [0.3, 0.4) is 0 Å². The molecule has 2 aromatic heterocycles. The van der Waals surface area contributed by atoms with Gasteiger partial charge in [-0.1, -0.05) is 196 Å². The minimum atomic E-state index is -3.13. The standard InChI is InChI=1S/C66H64N4OSi/c1-64(2,3)46-36-37-67-62(41-46)70-57-33-20-19-32-56(57)63-60(70)43-52(44-61(63)72(53-26-13-10-14-27-53,54-28-15-11-16-29-54)55-30-17-12-18-31-55)71-51-25-23-24-49(42-51)68-45-69(59-35-22-21-34-58(59)68)50-39-47(65(4,5)6)38-48(40-50)66(7,8)9/h10-44H,45H2,1-9H3. The van der Waals surface area contributed by atoms with Crippen molar-refractivity contribution >= 4 is 73.4 Å². The molecule has 0 N–H and O–H groups in total. The predicted octanol–water partition coefficient (Wildman–Crippen LogP) is 14.5. The summed E-state index contributed by atoms with van der Waals surface area (Å²) in [6, 6.07) is 76.0. The molecule has 3 heterocycles. The zero-order valence-corrected chi connectivity index (χ0v) is 44.1. The summed E-state index contributed by atoms with van der Waals surface area (Å²) in [5.41, 5.74) is 10.6. The van der Waals surface area contributed by atoms with E-state index in [2.05, 4.69) is 283 Å². The Morgan fingerprint density at radius 3 is 1.53 bits per heavy atom. The van der Waals surface area contributed by atoms with E-state index in [1.165, 1.54) is 59.6 Å². The van der Waals surface area contributed by atoms with Crippen LogP contribution >= 0.6 is 0 Å². The summed E-state index contributed by atoms with van der Waals surface area (Å²) in [4.78, 5) is 10.0. The van der Waals surface area contributed by atoms with Gasteiger partial charge >= 0.3 is 0 Å². The second kappa shape index (κ2) is 17.9. The maximum atomic E-state index is 7.35. The Morgan fingerprint density at radius 1 is 0.431 bits per heavy atom. The largest absolute Gasteiger partial charge is 0.457 e. The molecule has 0 saturated heterocycles.